The zero-order chi connectivity index (χ0) is 18.6. The molecule has 0 unspecified atom stereocenters. The van der Waals surface area contributed by atoms with E-state index in [9.17, 15) is 4.79 Å². The van der Waals surface area contributed by atoms with E-state index in [0.29, 0.717) is 15.8 Å². The fraction of sp³-hybridized carbons (Fsp3) is 0.316. The van der Waals surface area contributed by atoms with Crippen LogP contribution in [-0.4, -0.2) is 33.9 Å². The molecule has 1 aromatic carbocycles. The Morgan fingerprint density at radius 1 is 1.07 bits per heavy atom. The lowest BCUT2D eigenvalue weighted by atomic mass is 10.1. The lowest BCUT2D eigenvalue weighted by molar-refractivity contribution is 0.102. The van der Waals surface area contributed by atoms with Crippen molar-refractivity contribution in [3.63, 3.8) is 0 Å². The highest BCUT2D eigenvalue weighted by atomic mass is 35.5. The number of nitrogens with one attached hydrogen (secondary N) is 1. The van der Waals surface area contributed by atoms with Gasteiger partial charge < -0.3 is 0 Å². The molecule has 27 heavy (non-hydrogen) atoms. The molecule has 8 heteroatoms. The van der Waals surface area contributed by atoms with Crippen molar-refractivity contribution in [2.24, 2.45) is 0 Å². The van der Waals surface area contributed by atoms with E-state index in [0.717, 1.165) is 35.9 Å². The average molecular weight is 419 g/mol. The predicted molar refractivity (Wildman–Crippen MR) is 112 cm³/mol. The van der Waals surface area contributed by atoms with Crippen LogP contribution in [0.4, 0.5) is 5.13 Å². The number of amides is 1. The van der Waals surface area contributed by atoms with Gasteiger partial charge in [0.05, 0.1) is 5.69 Å². The van der Waals surface area contributed by atoms with Crippen molar-refractivity contribution < 1.29 is 4.79 Å². The number of piperidine rings is 1. The van der Waals surface area contributed by atoms with Gasteiger partial charge in [0.15, 0.2) is 5.13 Å². The summed E-state index contributed by atoms with van der Waals surface area (Å²) in [6.45, 7) is 3.11. The molecule has 0 saturated carbocycles. The van der Waals surface area contributed by atoms with Gasteiger partial charge in [-0.25, -0.2) is 9.97 Å². The van der Waals surface area contributed by atoms with Crippen LogP contribution in [0.25, 0.3) is 10.6 Å². The van der Waals surface area contributed by atoms with Crippen LogP contribution in [0.2, 0.25) is 5.02 Å². The van der Waals surface area contributed by atoms with E-state index in [1.165, 1.54) is 41.9 Å². The highest BCUT2D eigenvalue weighted by molar-refractivity contribution is 7.14. The molecule has 1 N–H and O–H groups in total. The van der Waals surface area contributed by atoms with Crippen molar-refractivity contribution in [1.82, 2.24) is 14.9 Å². The van der Waals surface area contributed by atoms with Gasteiger partial charge in [0.25, 0.3) is 5.91 Å². The Bertz CT molecular complexity index is 916. The van der Waals surface area contributed by atoms with E-state index in [1.54, 1.807) is 5.38 Å². The van der Waals surface area contributed by atoms with E-state index in [-0.39, 0.29) is 5.91 Å². The topological polar surface area (TPSA) is 58.1 Å². The van der Waals surface area contributed by atoms with Gasteiger partial charge >= 0.3 is 0 Å². The fourth-order valence-corrected chi connectivity index (χ4v) is 4.68. The Kier molecular flexibility index (Phi) is 5.83. The summed E-state index contributed by atoms with van der Waals surface area (Å²) in [4.78, 5) is 23.9. The molecule has 140 valence electrons. The minimum Gasteiger partial charge on any atom is -0.297 e. The van der Waals surface area contributed by atoms with Gasteiger partial charge in [-0.05, 0) is 38.1 Å². The van der Waals surface area contributed by atoms with E-state index >= 15 is 0 Å². The van der Waals surface area contributed by atoms with Crippen LogP contribution in [0.3, 0.4) is 0 Å². The number of hydrogen-bond acceptors (Lipinski definition) is 6. The summed E-state index contributed by atoms with van der Waals surface area (Å²) in [5.74, 6) is -0.231. The maximum Gasteiger partial charge on any atom is 0.276 e. The molecule has 0 radical (unpaired) electrons. The van der Waals surface area contributed by atoms with Gasteiger partial charge in [0.1, 0.15) is 10.7 Å². The van der Waals surface area contributed by atoms with Gasteiger partial charge in [-0.1, -0.05) is 30.2 Å². The van der Waals surface area contributed by atoms with Crippen molar-refractivity contribution in [1.29, 1.82) is 0 Å². The fourth-order valence-electron chi connectivity index (χ4n) is 3.05. The normalized spacial score (nSPS) is 15.0. The average Bonchev–Trinajstić information content (AvgIpc) is 3.33. The van der Waals surface area contributed by atoms with Crippen molar-refractivity contribution >= 4 is 45.3 Å². The Morgan fingerprint density at radius 3 is 2.63 bits per heavy atom. The maximum atomic E-state index is 12.5. The Morgan fingerprint density at radius 2 is 1.85 bits per heavy atom. The molecule has 3 heterocycles. The first kappa shape index (κ1) is 18.6. The van der Waals surface area contributed by atoms with Gasteiger partial charge in [0.2, 0.25) is 0 Å². The van der Waals surface area contributed by atoms with Gasteiger partial charge in [0, 0.05) is 27.9 Å². The van der Waals surface area contributed by atoms with Crippen LogP contribution in [0.1, 0.15) is 35.4 Å². The second-order valence-electron chi connectivity index (χ2n) is 6.48. The monoisotopic (exact) mass is 418 g/mol. The molecule has 4 rings (SSSR count). The molecule has 1 aliphatic heterocycles. The first-order chi connectivity index (χ1) is 13.2. The minimum atomic E-state index is -0.231. The number of anilines is 1. The molecular weight excluding hydrogens is 400 g/mol. The summed E-state index contributed by atoms with van der Waals surface area (Å²) in [7, 11) is 0. The number of hydrogen-bond donors (Lipinski definition) is 1. The number of benzene rings is 1. The lowest BCUT2D eigenvalue weighted by Crippen LogP contribution is -2.29. The van der Waals surface area contributed by atoms with Gasteiger partial charge in [-0.2, -0.15) is 0 Å². The summed E-state index contributed by atoms with van der Waals surface area (Å²) in [5.41, 5.74) is 2.36. The number of carbonyl (C=O) groups is 1. The first-order valence-electron chi connectivity index (χ1n) is 8.87. The second-order valence-corrected chi connectivity index (χ2v) is 8.63. The zero-order valence-electron chi connectivity index (χ0n) is 14.7. The number of thiazole rings is 2. The molecule has 5 nitrogen and oxygen atoms in total. The third-order valence-electron chi connectivity index (χ3n) is 4.43. The van der Waals surface area contributed by atoms with Crippen LogP contribution in [0.15, 0.2) is 35.0 Å². The Labute approximate surface area is 171 Å². The largest absolute Gasteiger partial charge is 0.297 e. The van der Waals surface area contributed by atoms with Crippen LogP contribution >= 0.6 is 34.3 Å². The molecule has 1 aliphatic rings. The highest BCUT2D eigenvalue weighted by Crippen LogP contribution is 2.26. The van der Waals surface area contributed by atoms with E-state index < -0.39 is 0 Å². The van der Waals surface area contributed by atoms with Gasteiger partial charge in [-0.3, -0.25) is 15.0 Å². The molecule has 3 aromatic rings. The molecule has 1 amide bonds. The summed E-state index contributed by atoms with van der Waals surface area (Å²) in [6.07, 6.45) is 3.83. The smallest absolute Gasteiger partial charge is 0.276 e. The minimum absolute atomic E-state index is 0.231. The molecule has 0 spiro atoms. The van der Waals surface area contributed by atoms with Crippen molar-refractivity contribution in [3.05, 3.63) is 51.4 Å². The number of nitrogens with zero attached hydrogens (tertiary/aromatic N) is 3. The van der Waals surface area contributed by atoms with Crippen molar-refractivity contribution in [3.8, 4) is 10.6 Å². The van der Waals surface area contributed by atoms with Crippen LogP contribution in [0.5, 0.6) is 0 Å². The number of halogens is 1. The first-order valence-corrected chi connectivity index (χ1v) is 11.0. The van der Waals surface area contributed by atoms with E-state index in [1.807, 2.05) is 29.6 Å². The summed E-state index contributed by atoms with van der Waals surface area (Å²) in [5, 5.41) is 8.74. The lowest BCUT2D eigenvalue weighted by Gasteiger charge is -2.25. The van der Waals surface area contributed by atoms with E-state index in [4.69, 9.17) is 11.6 Å². The zero-order valence-corrected chi connectivity index (χ0v) is 17.0. The Hall–Kier alpha value is -1.80. The van der Waals surface area contributed by atoms with Gasteiger partial charge in [-0.15, -0.1) is 22.7 Å². The SMILES string of the molecule is O=C(Nc1nc(CN2CCCCC2)cs1)c1csc(-c2ccc(Cl)cc2)n1. The highest BCUT2D eigenvalue weighted by Gasteiger charge is 2.16. The molecular formula is C19H19ClN4OS2. The number of carbonyl (C=O) groups excluding carboxylic acids is 1. The van der Waals surface area contributed by atoms with E-state index in [2.05, 4.69) is 20.2 Å². The molecule has 0 aliphatic carbocycles. The van der Waals surface area contributed by atoms with Crippen molar-refractivity contribution in [2.45, 2.75) is 25.8 Å². The molecule has 2 aromatic heterocycles. The number of rotatable bonds is 5. The summed E-state index contributed by atoms with van der Waals surface area (Å²) < 4.78 is 0. The number of likely N-dealkylation sites (tertiary alicyclic amines) is 1. The summed E-state index contributed by atoms with van der Waals surface area (Å²) >= 11 is 8.81. The third-order valence-corrected chi connectivity index (χ3v) is 6.38. The molecule has 0 atom stereocenters. The standard InChI is InChI=1S/C19H19ClN4OS2/c20-14-6-4-13(5-7-14)18-22-16(12-26-18)17(25)23-19-21-15(11-27-19)10-24-8-2-1-3-9-24/h4-7,11-12H,1-3,8-10H2,(H,21,23,25). The molecule has 1 fully saturated rings. The van der Waals surface area contributed by atoms with Crippen molar-refractivity contribution in [2.75, 3.05) is 18.4 Å². The quantitative estimate of drug-likeness (QED) is 0.621. The number of aromatic nitrogens is 2. The predicted octanol–water partition coefficient (Wildman–Crippen LogP) is 5.16. The van der Waals surface area contributed by atoms with Crippen LogP contribution in [-0.2, 0) is 6.54 Å². The van der Waals surface area contributed by atoms with Crippen LogP contribution in [0, 0.1) is 0 Å². The summed E-state index contributed by atoms with van der Waals surface area (Å²) in [6, 6.07) is 7.43. The maximum absolute atomic E-state index is 12.5. The second kappa shape index (κ2) is 8.48. The Balaban J connectivity index is 1.38. The molecule has 1 saturated heterocycles. The van der Waals surface area contributed by atoms with Crippen LogP contribution < -0.4 is 5.32 Å². The molecule has 0 bridgehead atoms. The third kappa shape index (κ3) is 4.73.